The van der Waals surface area contributed by atoms with Gasteiger partial charge in [-0.2, -0.15) is 0 Å². The van der Waals surface area contributed by atoms with Gasteiger partial charge in [-0.1, -0.05) is 0 Å². The summed E-state index contributed by atoms with van der Waals surface area (Å²) in [5.74, 6) is 0. The zero-order valence-corrected chi connectivity index (χ0v) is 7.06. The zero-order chi connectivity index (χ0) is 8.39. The number of rotatable bonds is 1. The van der Waals surface area contributed by atoms with Gasteiger partial charge in [0.1, 0.15) is 0 Å². The van der Waals surface area contributed by atoms with Crippen LogP contribution in [0.5, 0.6) is 0 Å². The molecular weight excluding hydrogens is 152 g/mol. The van der Waals surface area contributed by atoms with Crippen molar-refractivity contribution in [3.8, 4) is 0 Å². The molecule has 2 N–H and O–H groups in total. The summed E-state index contributed by atoms with van der Waals surface area (Å²) in [6.45, 7) is 2.92. The quantitative estimate of drug-likeness (QED) is 0.586. The predicted octanol–water partition coefficient (Wildman–Crippen LogP) is -0.208. The van der Waals surface area contributed by atoms with E-state index < -0.39 is 0 Å². The fourth-order valence-corrected chi connectivity index (χ4v) is 1.58. The molecule has 0 aromatic carbocycles. The third-order valence-electron chi connectivity index (χ3n) is 2.27. The van der Waals surface area contributed by atoms with E-state index in [1.165, 1.54) is 0 Å². The van der Waals surface area contributed by atoms with Crippen LogP contribution >= 0.6 is 0 Å². The maximum absolute atomic E-state index is 5.81. The molecule has 4 heteroatoms. The second-order valence-corrected chi connectivity index (χ2v) is 3.21. The average molecular weight is 166 g/mol. The highest BCUT2D eigenvalue weighted by Crippen LogP contribution is 2.11. The van der Waals surface area contributed by atoms with Crippen molar-refractivity contribution < 1.29 is 0 Å². The molecule has 0 aliphatic carbocycles. The molecule has 2 rings (SSSR count). The van der Waals surface area contributed by atoms with E-state index in [-0.39, 0.29) is 0 Å². The van der Waals surface area contributed by atoms with Crippen LogP contribution in [-0.2, 0) is 0 Å². The summed E-state index contributed by atoms with van der Waals surface area (Å²) < 4.78 is 0. The smallest absolute Gasteiger partial charge is 0.0693 e. The van der Waals surface area contributed by atoms with Gasteiger partial charge in [-0.25, -0.2) is 5.01 Å². The first-order valence-corrected chi connectivity index (χ1v) is 4.31. The fraction of sp³-hybridized carbons (Fsp3) is 0.625. The van der Waals surface area contributed by atoms with Crippen molar-refractivity contribution in [2.45, 2.75) is 12.5 Å². The van der Waals surface area contributed by atoms with Crippen LogP contribution in [0.3, 0.4) is 0 Å². The molecule has 4 nitrogen and oxygen atoms in total. The van der Waals surface area contributed by atoms with Crippen molar-refractivity contribution in [1.82, 2.24) is 10.0 Å². The van der Waals surface area contributed by atoms with Gasteiger partial charge in [0.25, 0.3) is 0 Å². The van der Waals surface area contributed by atoms with Crippen molar-refractivity contribution in [2.24, 2.45) is 10.7 Å². The second-order valence-electron chi connectivity index (χ2n) is 3.21. The highest BCUT2D eigenvalue weighted by molar-refractivity contribution is 5.61. The largest absolute Gasteiger partial charge is 0.326 e. The van der Waals surface area contributed by atoms with Gasteiger partial charge in [0.2, 0.25) is 0 Å². The predicted molar refractivity (Wildman–Crippen MR) is 48.5 cm³/mol. The van der Waals surface area contributed by atoms with E-state index in [1.54, 1.807) is 0 Å². The molecule has 12 heavy (non-hydrogen) atoms. The topological polar surface area (TPSA) is 44.9 Å². The van der Waals surface area contributed by atoms with Gasteiger partial charge in [0.05, 0.1) is 6.54 Å². The molecule has 1 unspecified atom stereocenters. The van der Waals surface area contributed by atoms with E-state index in [4.69, 9.17) is 5.73 Å². The van der Waals surface area contributed by atoms with Crippen molar-refractivity contribution in [1.29, 1.82) is 0 Å². The van der Waals surface area contributed by atoms with Crippen molar-refractivity contribution >= 4 is 6.21 Å². The Morgan fingerprint density at radius 1 is 1.50 bits per heavy atom. The third kappa shape index (κ3) is 1.49. The summed E-state index contributed by atoms with van der Waals surface area (Å²) in [5, 5.41) is 4.44. The maximum atomic E-state index is 5.81. The van der Waals surface area contributed by atoms with Crippen LogP contribution in [0.25, 0.3) is 0 Å². The molecule has 0 aromatic heterocycles. The molecule has 0 radical (unpaired) electrons. The minimum Gasteiger partial charge on any atom is -0.326 e. The Kier molecular flexibility index (Phi) is 2.10. The lowest BCUT2D eigenvalue weighted by Gasteiger charge is -2.30. The summed E-state index contributed by atoms with van der Waals surface area (Å²) in [4.78, 5) is 4.01. The van der Waals surface area contributed by atoms with Gasteiger partial charge in [0, 0.05) is 37.7 Å². The lowest BCUT2D eigenvalue weighted by Crippen LogP contribution is -2.40. The van der Waals surface area contributed by atoms with Gasteiger partial charge in [0.15, 0.2) is 0 Å². The van der Waals surface area contributed by atoms with Crippen molar-refractivity contribution in [3.05, 3.63) is 12.4 Å². The summed E-state index contributed by atoms with van der Waals surface area (Å²) in [7, 11) is 0. The Morgan fingerprint density at radius 3 is 3.00 bits per heavy atom. The first kappa shape index (κ1) is 7.76. The van der Waals surface area contributed by atoms with Crippen LogP contribution < -0.4 is 5.73 Å². The number of nitrogens with two attached hydrogens (primary N) is 1. The third-order valence-corrected chi connectivity index (χ3v) is 2.27. The lowest BCUT2D eigenvalue weighted by atomic mass is 10.3. The summed E-state index contributed by atoms with van der Waals surface area (Å²) in [6.07, 6.45) is 6.82. The van der Waals surface area contributed by atoms with E-state index in [2.05, 4.69) is 15.0 Å². The molecule has 1 atom stereocenters. The first-order chi connectivity index (χ1) is 5.86. The molecule has 0 bridgehead atoms. The minimum absolute atomic E-state index is 0.345. The monoisotopic (exact) mass is 166 g/mol. The summed E-state index contributed by atoms with van der Waals surface area (Å²) in [5.41, 5.74) is 5.81. The number of hydrazine groups is 1. The molecule has 0 aromatic rings. The van der Waals surface area contributed by atoms with Crippen LogP contribution in [0.4, 0.5) is 0 Å². The highest BCUT2D eigenvalue weighted by atomic mass is 15.6. The minimum atomic E-state index is 0.345. The molecule has 1 fully saturated rings. The van der Waals surface area contributed by atoms with Crippen LogP contribution in [-0.4, -0.2) is 41.9 Å². The Bertz CT molecular complexity index is 211. The normalized spacial score (nSPS) is 30.1. The molecule has 66 valence electrons. The Hall–Kier alpha value is -0.870. The Morgan fingerprint density at radius 2 is 2.42 bits per heavy atom. The van der Waals surface area contributed by atoms with E-state index in [0.717, 1.165) is 26.1 Å². The van der Waals surface area contributed by atoms with E-state index >= 15 is 0 Å². The van der Waals surface area contributed by atoms with Crippen molar-refractivity contribution in [3.63, 3.8) is 0 Å². The molecule has 0 saturated carbocycles. The Balaban J connectivity index is 1.93. The van der Waals surface area contributed by atoms with Gasteiger partial charge in [-0.3, -0.25) is 4.99 Å². The SMILES string of the molecule is NC1CCN(N2C=CN=CC2)C1. The van der Waals surface area contributed by atoms with E-state index in [9.17, 15) is 0 Å². The van der Waals surface area contributed by atoms with Gasteiger partial charge < -0.3 is 10.7 Å². The molecule has 2 heterocycles. The van der Waals surface area contributed by atoms with Gasteiger partial charge >= 0.3 is 0 Å². The zero-order valence-electron chi connectivity index (χ0n) is 7.06. The van der Waals surface area contributed by atoms with Crippen LogP contribution in [0.15, 0.2) is 17.4 Å². The fourth-order valence-electron chi connectivity index (χ4n) is 1.58. The van der Waals surface area contributed by atoms with E-state index in [0.29, 0.717) is 6.04 Å². The molecule has 0 amide bonds. The maximum Gasteiger partial charge on any atom is 0.0693 e. The molecule has 0 spiro atoms. The summed E-state index contributed by atoms with van der Waals surface area (Å²) in [6, 6.07) is 0.345. The lowest BCUT2D eigenvalue weighted by molar-refractivity contribution is 0.0636. The molecule has 1 saturated heterocycles. The number of aliphatic imine (C=N–C) groups is 1. The number of hydrogen-bond donors (Lipinski definition) is 1. The van der Waals surface area contributed by atoms with Crippen LogP contribution in [0, 0.1) is 0 Å². The van der Waals surface area contributed by atoms with Gasteiger partial charge in [-0.05, 0) is 6.42 Å². The standard InChI is InChI=1S/C8H14N4/c9-8-1-4-12(7-8)11-5-2-10-3-6-11/h2-3,5,8H,1,4,6-7,9H2. The Labute approximate surface area is 72.3 Å². The highest BCUT2D eigenvalue weighted by Gasteiger charge is 2.22. The van der Waals surface area contributed by atoms with Crippen LogP contribution in [0.2, 0.25) is 0 Å². The van der Waals surface area contributed by atoms with E-state index in [1.807, 2.05) is 18.6 Å². The molecule has 2 aliphatic rings. The number of nitrogens with zero attached hydrogens (tertiary/aromatic N) is 3. The molecular formula is C8H14N4. The van der Waals surface area contributed by atoms with Crippen molar-refractivity contribution in [2.75, 3.05) is 19.6 Å². The number of hydrogen-bond acceptors (Lipinski definition) is 4. The van der Waals surface area contributed by atoms with Gasteiger partial charge in [-0.15, -0.1) is 0 Å². The van der Waals surface area contributed by atoms with Crippen LogP contribution in [0.1, 0.15) is 6.42 Å². The average Bonchev–Trinajstić information content (AvgIpc) is 2.54. The first-order valence-electron chi connectivity index (χ1n) is 4.31. The molecule has 2 aliphatic heterocycles. The second kappa shape index (κ2) is 3.25. The summed E-state index contributed by atoms with van der Waals surface area (Å²) >= 11 is 0.